The SMILES string of the molecule is COc1cc(C)c(C(Cl)c2ccc([N+](=O)[O-])o2)cc1OC. The molecular weight excluding hydrogens is 298 g/mol. The quantitative estimate of drug-likeness (QED) is 0.476. The van der Waals surface area contributed by atoms with Crippen LogP contribution in [-0.2, 0) is 0 Å². The Labute approximate surface area is 126 Å². The van der Waals surface area contributed by atoms with E-state index in [0.29, 0.717) is 17.3 Å². The first kappa shape index (κ1) is 15.2. The van der Waals surface area contributed by atoms with Gasteiger partial charge in [0.2, 0.25) is 0 Å². The van der Waals surface area contributed by atoms with Gasteiger partial charge in [-0.05, 0) is 36.2 Å². The first-order chi connectivity index (χ1) is 9.97. The number of hydrogen-bond donors (Lipinski definition) is 0. The molecule has 0 aliphatic heterocycles. The number of rotatable bonds is 5. The van der Waals surface area contributed by atoms with E-state index < -0.39 is 10.3 Å². The van der Waals surface area contributed by atoms with Gasteiger partial charge in [-0.3, -0.25) is 10.1 Å². The Morgan fingerprint density at radius 3 is 2.38 bits per heavy atom. The topological polar surface area (TPSA) is 74.7 Å². The van der Waals surface area contributed by atoms with Crippen LogP contribution in [0.4, 0.5) is 5.88 Å². The summed E-state index contributed by atoms with van der Waals surface area (Å²) in [5.41, 5.74) is 1.60. The molecule has 1 atom stereocenters. The van der Waals surface area contributed by atoms with Crippen LogP contribution in [0.3, 0.4) is 0 Å². The van der Waals surface area contributed by atoms with Crippen LogP contribution < -0.4 is 9.47 Å². The number of alkyl halides is 1. The van der Waals surface area contributed by atoms with Gasteiger partial charge in [-0.2, -0.15) is 0 Å². The molecule has 0 spiro atoms. The number of aryl methyl sites for hydroxylation is 1. The summed E-state index contributed by atoms with van der Waals surface area (Å²) in [5, 5.41) is 10.0. The molecule has 1 unspecified atom stereocenters. The average Bonchev–Trinajstić information content (AvgIpc) is 2.96. The maximum absolute atomic E-state index is 10.7. The van der Waals surface area contributed by atoms with E-state index in [-0.39, 0.29) is 5.88 Å². The van der Waals surface area contributed by atoms with Crippen molar-refractivity contribution >= 4 is 17.5 Å². The minimum Gasteiger partial charge on any atom is -0.493 e. The van der Waals surface area contributed by atoms with Crippen LogP contribution in [0, 0.1) is 17.0 Å². The van der Waals surface area contributed by atoms with Gasteiger partial charge >= 0.3 is 5.88 Å². The summed E-state index contributed by atoms with van der Waals surface area (Å²) in [7, 11) is 3.07. The van der Waals surface area contributed by atoms with E-state index in [1.54, 1.807) is 19.2 Å². The Kier molecular flexibility index (Phi) is 4.37. The van der Waals surface area contributed by atoms with Gasteiger partial charge in [-0.15, -0.1) is 11.6 Å². The summed E-state index contributed by atoms with van der Waals surface area (Å²) in [6, 6.07) is 6.30. The third kappa shape index (κ3) is 2.95. The van der Waals surface area contributed by atoms with Gasteiger partial charge < -0.3 is 13.9 Å². The second kappa shape index (κ2) is 6.05. The summed E-state index contributed by atoms with van der Waals surface area (Å²) in [6.07, 6.45) is 0. The van der Waals surface area contributed by atoms with Crippen molar-refractivity contribution in [3.05, 3.63) is 51.3 Å². The predicted molar refractivity (Wildman–Crippen MR) is 77.3 cm³/mol. The molecule has 0 aliphatic carbocycles. The summed E-state index contributed by atoms with van der Waals surface area (Å²) in [5.74, 6) is 1.09. The largest absolute Gasteiger partial charge is 0.493 e. The molecule has 0 radical (unpaired) electrons. The van der Waals surface area contributed by atoms with E-state index in [1.165, 1.54) is 19.2 Å². The number of nitro groups is 1. The van der Waals surface area contributed by atoms with Crippen LogP contribution >= 0.6 is 11.6 Å². The maximum Gasteiger partial charge on any atom is 0.433 e. The van der Waals surface area contributed by atoms with E-state index >= 15 is 0 Å². The van der Waals surface area contributed by atoms with E-state index in [2.05, 4.69) is 0 Å². The Balaban J connectivity index is 2.42. The summed E-state index contributed by atoms with van der Waals surface area (Å²) in [6.45, 7) is 1.87. The Bertz CT molecular complexity index is 667. The van der Waals surface area contributed by atoms with Gasteiger partial charge in [-0.1, -0.05) is 0 Å². The van der Waals surface area contributed by atoms with Crippen molar-refractivity contribution in [1.82, 2.24) is 0 Å². The maximum atomic E-state index is 10.7. The van der Waals surface area contributed by atoms with E-state index in [0.717, 1.165) is 11.1 Å². The zero-order valence-corrected chi connectivity index (χ0v) is 12.5. The minimum absolute atomic E-state index is 0.304. The first-order valence-corrected chi connectivity index (χ1v) is 6.52. The zero-order valence-electron chi connectivity index (χ0n) is 11.8. The highest BCUT2D eigenvalue weighted by Gasteiger charge is 2.22. The van der Waals surface area contributed by atoms with Gasteiger partial charge in [0.1, 0.15) is 16.1 Å². The lowest BCUT2D eigenvalue weighted by Crippen LogP contribution is -1.99. The highest BCUT2D eigenvalue weighted by Crippen LogP contribution is 2.39. The van der Waals surface area contributed by atoms with Crippen LogP contribution in [0.25, 0.3) is 0 Å². The fourth-order valence-electron chi connectivity index (χ4n) is 2.00. The lowest BCUT2D eigenvalue weighted by Gasteiger charge is -2.15. The molecule has 0 bridgehead atoms. The summed E-state index contributed by atoms with van der Waals surface area (Å²) >= 11 is 6.37. The smallest absolute Gasteiger partial charge is 0.433 e. The minimum atomic E-state index is -0.654. The molecule has 0 fully saturated rings. The molecule has 1 aromatic heterocycles. The average molecular weight is 312 g/mol. The van der Waals surface area contributed by atoms with Crippen molar-refractivity contribution in [2.75, 3.05) is 14.2 Å². The number of benzene rings is 1. The highest BCUT2D eigenvalue weighted by molar-refractivity contribution is 6.22. The summed E-state index contributed by atoms with van der Waals surface area (Å²) in [4.78, 5) is 10.1. The molecular formula is C14H14ClNO5. The fourth-order valence-corrected chi connectivity index (χ4v) is 2.35. The van der Waals surface area contributed by atoms with Gasteiger partial charge in [0.25, 0.3) is 0 Å². The zero-order chi connectivity index (χ0) is 15.6. The molecule has 0 N–H and O–H groups in total. The van der Waals surface area contributed by atoms with Gasteiger partial charge in [0, 0.05) is 0 Å². The van der Waals surface area contributed by atoms with Crippen molar-refractivity contribution in [1.29, 1.82) is 0 Å². The summed E-state index contributed by atoms with van der Waals surface area (Å²) < 4.78 is 15.6. The van der Waals surface area contributed by atoms with Gasteiger partial charge in [0.15, 0.2) is 11.5 Å². The number of halogens is 1. The molecule has 1 aromatic carbocycles. The number of furan rings is 1. The molecule has 21 heavy (non-hydrogen) atoms. The number of hydrogen-bond acceptors (Lipinski definition) is 5. The Hall–Kier alpha value is -2.21. The van der Waals surface area contributed by atoms with E-state index in [1.807, 2.05) is 6.92 Å². The third-order valence-corrected chi connectivity index (χ3v) is 3.54. The van der Waals surface area contributed by atoms with Crippen LogP contribution in [0.15, 0.2) is 28.7 Å². The number of ether oxygens (including phenoxy) is 2. The second-order valence-corrected chi connectivity index (χ2v) is 4.80. The fraction of sp³-hybridized carbons (Fsp3) is 0.286. The molecule has 2 aromatic rings. The van der Waals surface area contributed by atoms with E-state index in [9.17, 15) is 10.1 Å². The lowest BCUT2D eigenvalue weighted by molar-refractivity contribution is -0.402. The van der Waals surface area contributed by atoms with E-state index in [4.69, 9.17) is 25.5 Å². The Morgan fingerprint density at radius 2 is 1.86 bits per heavy atom. The molecule has 112 valence electrons. The van der Waals surface area contributed by atoms with Crippen molar-refractivity contribution in [3.8, 4) is 11.5 Å². The second-order valence-electron chi connectivity index (χ2n) is 4.36. The van der Waals surface area contributed by atoms with Gasteiger partial charge in [-0.25, -0.2) is 0 Å². The molecule has 1 heterocycles. The van der Waals surface area contributed by atoms with Gasteiger partial charge in [0.05, 0.1) is 20.3 Å². The van der Waals surface area contributed by atoms with Crippen LogP contribution in [-0.4, -0.2) is 19.1 Å². The van der Waals surface area contributed by atoms with Crippen LogP contribution in [0.2, 0.25) is 0 Å². The molecule has 6 nitrogen and oxygen atoms in total. The van der Waals surface area contributed by atoms with Crippen molar-refractivity contribution in [2.24, 2.45) is 0 Å². The normalized spacial score (nSPS) is 12.0. The number of nitrogens with zero attached hydrogens (tertiary/aromatic N) is 1. The molecule has 2 rings (SSSR count). The molecule has 7 heteroatoms. The molecule has 0 amide bonds. The van der Waals surface area contributed by atoms with Crippen LogP contribution in [0.5, 0.6) is 11.5 Å². The van der Waals surface area contributed by atoms with Crippen molar-refractivity contribution < 1.29 is 18.8 Å². The first-order valence-electron chi connectivity index (χ1n) is 6.08. The lowest BCUT2D eigenvalue weighted by atomic mass is 10.0. The standard InChI is InChI=1S/C14H14ClNO5/c1-8-6-11(19-2)12(20-3)7-9(8)14(15)10-4-5-13(21-10)16(17)18/h4-7,14H,1-3H3. The molecule has 0 saturated heterocycles. The highest BCUT2D eigenvalue weighted by atomic mass is 35.5. The van der Waals surface area contributed by atoms with Crippen LogP contribution in [0.1, 0.15) is 22.3 Å². The number of methoxy groups -OCH3 is 2. The molecule has 0 aliphatic rings. The van der Waals surface area contributed by atoms with Crippen molar-refractivity contribution in [3.63, 3.8) is 0 Å². The monoisotopic (exact) mass is 311 g/mol. The Morgan fingerprint density at radius 1 is 1.24 bits per heavy atom. The third-order valence-electron chi connectivity index (χ3n) is 3.09. The predicted octanol–water partition coefficient (Wildman–Crippen LogP) is 3.84. The van der Waals surface area contributed by atoms with Crippen molar-refractivity contribution in [2.45, 2.75) is 12.3 Å². The molecule has 0 saturated carbocycles.